The van der Waals surface area contributed by atoms with E-state index >= 15 is 0 Å². The number of sulfonamides is 1. The van der Waals surface area contributed by atoms with Crippen LogP contribution in [-0.4, -0.2) is 33.5 Å². The van der Waals surface area contributed by atoms with Crippen molar-refractivity contribution in [3.05, 3.63) is 115 Å². The zero-order chi connectivity index (χ0) is 32.8. The Labute approximate surface area is 257 Å². The summed E-state index contributed by atoms with van der Waals surface area (Å²) in [6.45, 7) is -0.0867. The average molecular weight is 668 g/mol. The standard InChI is InChI=1S/C28H17N3O13S2/c32-26-22-11-2-17(29-45(37,38)20-7-3-18(4-8-20)30(33)34)14-24(22)43-27(16-1-12-23-25(13-16)42-15-41-23)28(26)44-46(39,40)21-9-5-19(6-10-21)31(35)36/h1-14,29H,15H2. The van der Waals surface area contributed by atoms with Crippen molar-refractivity contribution in [1.29, 1.82) is 0 Å². The molecule has 0 spiro atoms. The second-order valence-corrected chi connectivity index (χ2v) is 12.7. The minimum Gasteiger partial charge on any atom is -0.454 e. The number of hydrogen-bond acceptors (Lipinski definition) is 13. The molecule has 0 atom stereocenters. The number of benzene rings is 4. The zero-order valence-electron chi connectivity index (χ0n) is 22.8. The van der Waals surface area contributed by atoms with Crippen LogP contribution in [0.2, 0.25) is 0 Å². The number of rotatable bonds is 9. The number of non-ortho nitro benzene ring substituents is 2. The predicted octanol–water partition coefficient (Wildman–Crippen LogP) is 4.57. The monoisotopic (exact) mass is 667 g/mol. The second kappa shape index (κ2) is 11.2. The Morgan fingerprint density at radius 1 is 0.739 bits per heavy atom. The van der Waals surface area contributed by atoms with E-state index in [2.05, 4.69) is 4.72 Å². The summed E-state index contributed by atoms with van der Waals surface area (Å²) >= 11 is 0. The number of hydrogen-bond donors (Lipinski definition) is 1. The summed E-state index contributed by atoms with van der Waals surface area (Å²) in [5.41, 5.74) is -1.71. The molecule has 0 amide bonds. The molecule has 1 aliphatic heterocycles. The molecule has 0 fully saturated rings. The average Bonchev–Trinajstić information content (AvgIpc) is 3.50. The van der Waals surface area contributed by atoms with Crippen LogP contribution in [0.4, 0.5) is 17.1 Å². The van der Waals surface area contributed by atoms with Crippen molar-refractivity contribution in [2.24, 2.45) is 0 Å². The van der Waals surface area contributed by atoms with Gasteiger partial charge in [0.05, 0.1) is 25.8 Å². The van der Waals surface area contributed by atoms with Gasteiger partial charge in [-0.05, 0) is 54.6 Å². The van der Waals surface area contributed by atoms with Crippen LogP contribution in [0.3, 0.4) is 0 Å². The normalized spacial score (nSPS) is 12.5. The van der Waals surface area contributed by atoms with E-state index in [0.29, 0.717) is 5.75 Å². The van der Waals surface area contributed by atoms with Gasteiger partial charge in [-0.2, -0.15) is 8.42 Å². The Balaban J connectivity index is 1.44. The first-order valence-electron chi connectivity index (χ1n) is 12.8. The molecule has 0 aliphatic carbocycles. The van der Waals surface area contributed by atoms with Crippen LogP contribution in [0.5, 0.6) is 17.2 Å². The molecule has 18 heteroatoms. The van der Waals surface area contributed by atoms with Gasteiger partial charge >= 0.3 is 10.1 Å². The molecule has 0 saturated carbocycles. The van der Waals surface area contributed by atoms with Crippen molar-refractivity contribution < 1.29 is 44.8 Å². The van der Waals surface area contributed by atoms with E-state index in [-0.39, 0.29) is 56.8 Å². The molecule has 6 rings (SSSR count). The summed E-state index contributed by atoms with van der Waals surface area (Å²) in [4.78, 5) is 33.5. The van der Waals surface area contributed by atoms with Gasteiger partial charge in [-0.25, -0.2) is 8.42 Å². The highest BCUT2D eigenvalue weighted by Gasteiger charge is 2.27. The van der Waals surface area contributed by atoms with Gasteiger partial charge in [-0.1, -0.05) is 0 Å². The maximum absolute atomic E-state index is 13.7. The smallest absolute Gasteiger partial charge is 0.339 e. The van der Waals surface area contributed by atoms with E-state index in [1.165, 1.54) is 36.4 Å². The van der Waals surface area contributed by atoms with Crippen molar-refractivity contribution in [3.8, 4) is 28.6 Å². The summed E-state index contributed by atoms with van der Waals surface area (Å²) in [6, 6.07) is 15.9. The first-order chi connectivity index (χ1) is 21.8. The number of nitrogens with one attached hydrogen (secondary N) is 1. The van der Waals surface area contributed by atoms with Crippen molar-refractivity contribution in [2.75, 3.05) is 11.5 Å². The number of ether oxygens (including phenoxy) is 2. The van der Waals surface area contributed by atoms with E-state index in [0.717, 1.165) is 48.5 Å². The number of nitro groups is 2. The molecule has 5 aromatic rings. The third-order valence-electron chi connectivity index (χ3n) is 6.62. The van der Waals surface area contributed by atoms with Gasteiger partial charge in [-0.3, -0.25) is 29.7 Å². The quantitative estimate of drug-likeness (QED) is 0.129. The van der Waals surface area contributed by atoms with Crippen molar-refractivity contribution in [2.45, 2.75) is 9.79 Å². The highest BCUT2D eigenvalue weighted by Crippen LogP contribution is 2.40. The second-order valence-electron chi connectivity index (χ2n) is 9.51. The van der Waals surface area contributed by atoms with Crippen LogP contribution in [0.1, 0.15) is 0 Å². The van der Waals surface area contributed by atoms with Crippen molar-refractivity contribution in [1.82, 2.24) is 0 Å². The molecule has 4 aromatic carbocycles. The molecule has 0 bridgehead atoms. The number of anilines is 1. The molecule has 234 valence electrons. The minimum atomic E-state index is -4.73. The molecule has 16 nitrogen and oxygen atoms in total. The molecule has 1 N–H and O–H groups in total. The van der Waals surface area contributed by atoms with Gasteiger partial charge in [0.25, 0.3) is 21.4 Å². The number of fused-ring (bicyclic) bond motifs is 2. The summed E-state index contributed by atoms with van der Waals surface area (Å²) in [5, 5.41) is 21.7. The van der Waals surface area contributed by atoms with Crippen molar-refractivity contribution in [3.63, 3.8) is 0 Å². The first kappa shape index (κ1) is 30.0. The minimum absolute atomic E-state index is 0.0576. The summed E-state index contributed by atoms with van der Waals surface area (Å²) in [6.07, 6.45) is 0. The Kier molecular flexibility index (Phi) is 7.29. The van der Waals surface area contributed by atoms with E-state index < -0.39 is 46.1 Å². The maximum Gasteiger partial charge on any atom is 0.339 e. The van der Waals surface area contributed by atoms with Gasteiger partial charge in [0.1, 0.15) is 10.5 Å². The molecule has 46 heavy (non-hydrogen) atoms. The lowest BCUT2D eigenvalue weighted by atomic mass is 10.1. The Bertz CT molecular complexity index is 2340. The fourth-order valence-electron chi connectivity index (χ4n) is 4.40. The number of nitro benzene ring substituents is 2. The summed E-state index contributed by atoms with van der Waals surface area (Å²) in [7, 11) is -8.98. The number of nitrogens with zero attached hydrogens (tertiary/aromatic N) is 2. The van der Waals surface area contributed by atoms with Gasteiger partial charge in [0.2, 0.25) is 18.0 Å². The topological polar surface area (TPSA) is 224 Å². The summed E-state index contributed by atoms with van der Waals surface area (Å²) < 4.78 is 76.6. The van der Waals surface area contributed by atoms with Crippen LogP contribution in [0, 0.1) is 20.2 Å². The lowest BCUT2D eigenvalue weighted by Crippen LogP contribution is -2.17. The maximum atomic E-state index is 13.7. The Hall–Kier alpha value is -6.01. The Morgan fingerprint density at radius 2 is 1.35 bits per heavy atom. The van der Waals surface area contributed by atoms with E-state index in [4.69, 9.17) is 18.1 Å². The van der Waals surface area contributed by atoms with Gasteiger partial charge in [-0.15, -0.1) is 0 Å². The zero-order valence-corrected chi connectivity index (χ0v) is 24.4. The molecule has 0 saturated heterocycles. The third-order valence-corrected chi connectivity index (χ3v) is 9.26. The van der Waals surface area contributed by atoms with E-state index in [1.807, 2.05) is 0 Å². The first-order valence-corrected chi connectivity index (χ1v) is 15.7. The largest absolute Gasteiger partial charge is 0.454 e. The Morgan fingerprint density at radius 3 is 1.98 bits per heavy atom. The van der Waals surface area contributed by atoms with E-state index in [9.17, 15) is 41.9 Å². The van der Waals surface area contributed by atoms with Gasteiger partial charge in [0, 0.05) is 35.9 Å². The summed E-state index contributed by atoms with van der Waals surface area (Å²) in [5.74, 6) is -0.481. The molecule has 2 heterocycles. The fraction of sp³-hybridized carbons (Fsp3) is 0.0357. The van der Waals surface area contributed by atoms with Crippen LogP contribution in [-0.2, 0) is 20.1 Å². The van der Waals surface area contributed by atoms with Gasteiger partial charge in [0.15, 0.2) is 17.3 Å². The van der Waals surface area contributed by atoms with Crippen LogP contribution in [0.15, 0.2) is 104 Å². The molecular weight excluding hydrogens is 650 g/mol. The SMILES string of the molecule is O=c1c(OS(=O)(=O)c2ccc([N+](=O)[O-])cc2)c(-c2ccc3c(c2)OCO3)oc2cc(NS(=O)(=O)c3ccc([N+](=O)[O-])cc3)ccc12. The van der Waals surface area contributed by atoms with Crippen LogP contribution in [0.25, 0.3) is 22.3 Å². The molecule has 0 radical (unpaired) electrons. The van der Waals surface area contributed by atoms with E-state index in [1.54, 1.807) is 0 Å². The van der Waals surface area contributed by atoms with Crippen molar-refractivity contribution >= 4 is 48.2 Å². The lowest BCUT2D eigenvalue weighted by molar-refractivity contribution is -0.385. The lowest BCUT2D eigenvalue weighted by Gasteiger charge is -2.13. The van der Waals surface area contributed by atoms with Crippen LogP contribution < -0.4 is 23.8 Å². The molecular formula is C28H17N3O13S2. The third kappa shape index (κ3) is 5.64. The van der Waals surface area contributed by atoms with Gasteiger partial charge < -0.3 is 18.1 Å². The highest BCUT2D eigenvalue weighted by molar-refractivity contribution is 7.92. The fourth-order valence-corrected chi connectivity index (χ4v) is 6.38. The molecule has 1 aromatic heterocycles. The molecule has 1 aliphatic rings. The highest BCUT2D eigenvalue weighted by atomic mass is 32.2. The molecule has 0 unspecified atom stereocenters. The predicted molar refractivity (Wildman–Crippen MR) is 159 cm³/mol. The van der Waals surface area contributed by atoms with Crippen LogP contribution >= 0.6 is 0 Å².